The number of aliphatic carboxylic acids is 4. The molecule has 0 rings (SSSR count). The average Bonchev–Trinajstić information content (AvgIpc) is 1.97. The van der Waals surface area contributed by atoms with Gasteiger partial charge in [0.15, 0.2) is 0 Å². The number of carbonyl (C=O) groups excluding carboxylic acids is 4. The topological polar surface area (TPSA) is 213 Å². The van der Waals surface area contributed by atoms with E-state index in [0.717, 1.165) is 27.7 Å². The molecule has 0 saturated carbocycles. The molecular formula is C9H18N2Na4O8. The third-order valence-corrected chi connectivity index (χ3v) is 0. The number of carboxylic acid groups (broad SMARTS) is 4. The van der Waals surface area contributed by atoms with Crippen LogP contribution in [0.15, 0.2) is 0 Å². The largest absolute Gasteiger partial charge is 1.00 e. The quantitative estimate of drug-likeness (QED) is 0.301. The van der Waals surface area contributed by atoms with Crippen LogP contribution in [0.25, 0.3) is 0 Å². The Bertz CT molecular complexity index is 194. The Morgan fingerprint density at radius 2 is 0.565 bits per heavy atom. The number of carboxylic acids is 4. The van der Waals surface area contributed by atoms with Gasteiger partial charge in [-0.3, -0.25) is 0 Å². The zero-order chi connectivity index (χ0) is 17.0. The maximum absolute atomic E-state index is 8.89. The summed E-state index contributed by atoms with van der Waals surface area (Å²) >= 11 is 0. The van der Waals surface area contributed by atoms with Gasteiger partial charge in [0.2, 0.25) is 0 Å². The summed E-state index contributed by atoms with van der Waals surface area (Å²) in [6.07, 6.45) is 0. The molecule has 0 aromatic rings. The van der Waals surface area contributed by atoms with E-state index >= 15 is 0 Å². The fourth-order valence-electron chi connectivity index (χ4n) is 0. The summed E-state index contributed by atoms with van der Waals surface area (Å²) in [7, 11) is 0. The average molecular weight is 374 g/mol. The van der Waals surface area contributed by atoms with E-state index in [1.807, 2.05) is 0 Å². The molecule has 0 bridgehead atoms. The second-order valence-electron chi connectivity index (χ2n) is 2.20. The molecular weight excluding hydrogens is 356 g/mol. The Morgan fingerprint density at radius 1 is 0.565 bits per heavy atom. The van der Waals surface area contributed by atoms with Gasteiger partial charge in [-0.1, -0.05) is 0 Å². The number of hydrogen-bond acceptors (Lipinski definition) is 10. The molecule has 0 saturated heterocycles. The van der Waals surface area contributed by atoms with Gasteiger partial charge in [0.1, 0.15) is 0 Å². The minimum atomic E-state index is -1.08. The number of carbonyl (C=O) groups is 4. The summed E-state index contributed by atoms with van der Waals surface area (Å²) < 4.78 is 0. The molecule has 0 fully saturated rings. The Balaban J connectivity index is -0.0000000146. The molecule has 0 aromatic carbocycles. The van der Waals surface area contributed by atoms with E-state index in [2.05, 4.69) is 11.5 Å². The molecule has 0 aliphatic carbocycles. The van der Waals surface area contributed by atoms with Crippen LogP contribution in [-0.2, 0) is 19.2 Å². The van der Waals surface area contributed by atoms with Crippen LogP contribution >= 0.6 is 0 Å². The normalized spacial score (nSPS) is 5.13. The number of hydrogen-bond donors (Lipinski definition) is 2. The van der Waals surface area contributed by atoms with Crippen molar-refractivity contribution in [1.29, 1.82) is 0 Å². The van der Waals surface area contributed by atoms with Crippen molar-refractivity contribution in [3.05, 3.63) is 0 Å². The standard InChI is InChI=1S/4C2H4O2.CH6N2.4Na/c4*1-2(3)4;2-1-3;;;;/h4*1H3,(H,3,4);1-3H2;;;;/q;;;;;4*+1/p-4. The van der Waals surface area contributed by atoms with Crippen LogP contribution in [0.4, 0.5) is 0 Å². The zero-order valence-corrected chi connectivity index (χ0v) is 23.1. The van der Waals surface area contributed by atoms with Crippen LogP contribution in [0.2, 0.25) is 0 Å². The molecule has 0 amide bonds. The first-order valence-corrected chi connectivity index (χ1v) is 4.45. The molecule has 116 valence electrons. The fraction of sp³-hybridized carbons (Fsp3) is 0.556. The predicted molar refractivity (Wildman–Crippen MR) is 56.0 cm³/mol. The van der Waals surface area contributed by atoms with Crippen LogP contribution in [0.1, 0.15) is 27.7 Å². The smallest absolute Gasteiger partial charge is 0.550 e. The van der Waals surface area contributed by atoms with E-state index in [1.54, 1.807) is 0 Å². The van der Waals surface area contributed by atoms with Crippen molar-refractivity contribution >= 4 is 23.9 Å². The molecule has 0 radical (unpaired) electrons. The predicted octanol–water partition coefficient (Wildman–Crippen LogP) is -18.1. The first-order valence-electron chi connectivity index (χ1n) is 4.45. The maximum atomic E-state index is 8.89. The molecule has 0 atom stereocenters. The third-order valence-electron chi connectivity index (χ3n) is 0. The minimum absolute atomic E-state index is 0. The van der Waals surface area contributed by atoms with Crippen molar-refractivity contribution in [2.24, 2.45) is 11.5 Å². The first-order chi connectivity index (χ1) is 8.34. The molecule has 10 nitrogen and oxygen atoms in total. The Labute approximate surface area is 224 Å². The van der Waals surface area contributed by atoms with Crippen molar-refractivity contribution in [1.82, 2.24) is 0 Å². The van der Waals surface area contributed by atoms with Crippen molar-refractivity contribution in [2.45, 2.75) is 27.7 Å². The molecule has 0 aromatic heterocycles. The van der Waals surface area contributed by atoms with Crippen LogP contribution in [0.3, 0.4) is 0 Å². The van der Waals surface area contributed by atoms with Gasteiger partial charge in [-0.2, -0.15) is 0 Å². The summed E-state index contributed by atoms with van der Waals surface area (Å²) in [6, 6.07) is 0. The number of rotatable bonds is 0. The SMILES string of the molecule is CC(=O)[O-].CC(=O)[O-].CC(=O)[O-].CC(=O)[O-].NCN.[Na+].[Na+].[Na+].[Na+]. The zero-order valence-electron chi connectivity index (χ0n) is 15.1. The maximum Gasteiger partial charge on any atom is 1.00 e. The van der Waals surface area contributed by atoms with E-state index in [9.17, 15) is 0 Å². The second-order valence-corrected chi connectivity index (χ2v) is 2.20. The molecule has 4 N–H and O–H groups in total. The molecule has 0 aliphatic heterocycles. The summed E-state index contributed by atoms with van der Waals surface area (Å²) in [5, 5.41) is 35.6. The summed E-state index contributed by atoms with van der Waals surface area (Å²) in [5.74, 6) is -4.33. The minimum Gasteiger partial charge on any atom is -0.550 e. The molecule has 23 heavy (non-hydrogen) atoms. The van der Waals surface area contributed by atoms with E-state index in [1.165, 1.54) is 0 Å². The van der Waals surface area contributed by atoms with E-state index in [-0.39, 0.29) is 125 Å². The summed E-state index contributed by atoms with van der Waals surface area (Å²) in [6.45, 7) is 4.14. The van der Waals surface area contributed by atoms with Crippen LogP contribution in [0.5, 0.6) is 0 Å². The second kappa shape index (κ2) is 56.5. The van der Waals surface area contributed by atoms with Gasteiger partial charge in [0.25, 0.3) is 0 Å². The van der Waals surface area contributed by atoms with Crippen molar-refractivity contribution in [3.8, 4) is 0 Å². The van der Waals surface area contributed by atoms with Gasteiger partial charge >= 0.3 is 118 Å². The third kappa shape index (κ3) is 3490. The summed E-state index contributed by atoms with van der Waals surface area (Å²) in [4.78, 5) is 35.6. The monoisotopic (exact) mass is 374 g/mol. The molecule has 14 heteroatoms. The van der Waals surface area contributed by atoms with E-state index in [0.29, 0.717) is 0 Å². The molecule has 0 heterocycles. The fourth-order valence-corrected chi connectivity index (χ4v) is 0. The Hall–Kier alpha value is 1.80. The molecule has 0 aliphatic rings. The summed E-state index contributed by atoms with van der Waals surface area (Å²) in [5.41, 5.74) is 9.25. The van der Waals surface area contributed by atoms with Gasteiger partial charge in [0.05, 0.1) is 0 Å². The van der Waals surface area contributed by atoms with Gasteiger partial charge < -0.3 is 51.1 Å². The Kier molecular flexibility index (Phi) is 138. The van der Waals surface area contributed by atoms with E-state index < -0.39 is 23.9 Å². The van der Waals surface area contributed by atoms with Gasteiger partial charge in [-0.05, 0) is 27.7 Å². The molecule has 0 unspecified atom stereocenters. The first kappa shape index (κ1) is 56.3. The molecule has 0 spiro atoms. The van der Waals surface area contributed by atoms with Crippen LogP contribution < -0.4 is 150 Å². The van der Waals surface area contributed by atoms with Crippen molar-refractivity contribution in [2.75, 3.05) is 6.67 Å². The van der Waals surface area contributed by atoms with Crippen LogP contribution in [0, 0.1) is 0 Å². The van der Waals surface area contributed by atoms with Gasteiger partial charge in [-0.15, -0.1) is 0 Å². The Morgan fingerprint density at radius 3 is 0.565 bits per heavy atom. The van der Waals surface area contributed by atoms with E-state index in [4.69, 9.17) is 39.6 Å². The van der Waals surface area contributed by atoms with Crippen molar-refractivity contribution in [3.63, 3.8) is 0 Å². The van der Waals surface area contributed by atoms with Crippen LogP contribution in [-0.4, -0.2) is 30.5 Å². The van der Waals surface area contributed by atoms with Crippen molar-refractivity contribution < 1.29 is 158 Å². The van der Waals surface area contributed by atoms with Gasteiger partial charge in [0, 0.05) is 30.5 Å². The number of nitrogens with two attached hydrogens (primary N) is 2. The van der Waals surface area contributed by atoms with Gasteiger partial charge in [-0.25, -0.2) is 0 Å².